The van der Waals surface area contributed by atoms with Crippen molar-refractivity contribution in [3.63, 3.8) is 0 Å². The first-order valence-corrected chi connectivity index (χ1v) is 4.59. The summed E-state index contributed by atoms with van der Waals surface area (Å²) in [6, 6.07) is 5.24. The number of allylic oxidation sites excluding steroid dienone is 1. The van der Waals surface area contributed by atoms with Gasteiger partial charge in [-0.25, -0.2) is 0 Å². The maximum absolute atomic E-state index is 9.25. The molecule has 0 aliphatic carbocycles. The third kappa shape index (κ3) is 5.08. The second kappa shape index (κ2) is 7.88. The van der Waals surface area contributed by atoms with Crippen molar-refractivity contribution in [1.29, 1.82) is 0 Å². The lowest BCUT2D eigenvalue weighted by Gasteiger charge is -2.03. The molecule has 3 nitrogen and oxygen atoms in total. The molecule has 3 heteroatoms. The largest absolute Gasteiger partial charge is 0.504 e. The van der Waals surface area contributed by atoms with E-state index >= 15 is 0 Å². The van der Waals surface area contributed by atoms with Crippen LogP contribution in [0.2, 0.25) is 0 Å². The molecule has 0 spiro atoms. The van der Waals surface area contributed by atoms with Crippen LogP contribution in [0.25, 0.3) is 6.08 Å². The normalized spacial score (nSPS) is 9.60. The van der Waals surface area contributed by atoms with Gasteiger partial charge in [-0.2, -0.15) is 0 Å². The fourth-order valence-electron chi connectivity index (χ4n) is 0.990. The van der Waals surface area contributed by atoms with Crippen molar-refractivity contribution in [2.45, 2.75) is 6.92 Å². The molecule has 0 radical (unpaired) electrons. The van der Waals surface area contributed by atoms with Crippen LogP contribution >= 0.6 is 0 Å². The van der Waals surface area contributed by atoms with Crippen LogP contribution in [0.4, 0.5) is 0 Å². The van der Waals surface area contributed by atoms with E-state index < -0.39 is 0 Å². The van der Waals surface area contributed by atoms with Crippen molar-refractivity contribution < 1.29 is 14.6 Å². The van der Waals surface area contributed by atoms with Gasteiger partial charge in [0.2, 0.25) is 0 Å². The monoisotopic (exact) mass is 210 g/mol. The van der Waals surface area contributed by atoms with Gasteiger partial charge < -0.3 is 14.6 Å². The van der Waals surface area contributed by atoms with E-state index in [4.69, 9.17) is 4.74 Å². The number of hydrogen-bond acceptors (Lipinski definition) is 3. The van der Waals surface area contributed by atoms with Crippen LogP contribution in [-0.4, -0.2) is 26.4 Å². The van der Waals surface area contributed by atoms with E-state index in [0.717, 1.165) is 5.56 Å². The second-order valence-electron chi connectivity index (χ2n) is 2.84. The molecule has 0 heterocycles. The molecule has 0 atom stereocenters. The molecule has 1 aromatic rings. The summed E-state index contributed by atoms with van der Waals surface area (Å²) < 4.78 is 9.20. The summed E-state index contributed by atoms with van der Waals surface area (Å²) in [6.07, 6.45) is 3.88. The Balaban J connectivity index is 0.000000583. The zero-order valence-electron chi connectivity index (χ0n) is 9.65. The van der Waals surface area contributed by atoms with Crippen LogP contribution in [0, 0.1) is 0 Å². The highest BCUT2D eigenvalue weighted by molar-refractivity contribution is 5.55. The van der Waals surface area contributed by atoms with Crippen molar-refractivity contribution in [3.05, 3.63) is 29.8 Å². The van der Waals surface area contributed by atoms with Gasteiger partial charge in [0.25, 0.3) is 0 Å². The smallest absolute Gasteiger partial charge is 0.161 e. The Morgan fingerprint density at radius 1 is 1.20 bits per heavy atom. The highest BCUT2D eigenvalue weighted by atomic mass is 16.5. The van der Waals surface area contributed by atoms with E-state index in [9.17, 15) is 5.11 Å². The molecule has 0 aromatic heterocycles. The summed E-state index contributed by atoms with van der Waals surface area (Å²) in [5.74, 6) is 0.677. The van der Waals surface area contributed by atoms with E-state index in [0.29, 0.717) is 5.75 Å². The molecule has 0 saturated heterocycles. The number of ether oxygens (including phenoxy) is 2. The third-order valence-corrected chi connectivity index (χ3v) is 1.56. The molecular formula is C12H18O3. The Hall–Kier alpha value is -1.48. The second-order valence-corrected chi connectivity index (χ2v) is 2.84. The minimum atomic E-state index is 0.172. The van der Waals surface area contributed by atoms with Crippen molar-refractivity contribution in [2.24, 2.45) is 0 Å². The van der Waals surface area contributed by atoms with Crippen LogP contribution in [0.5, 0.6) is 11.5 Å². The number of benzene rings is 1. The highest BCUT2D eigenvalue weighted by Crippen LogP contribution is 2.26. The lowest BCUT2D eigenvalue weighted by atomic mass is 10.2. The van der Waals surface area contributed by atoms with Crippen molar-refractivity contribution in [2.75, 3.05) is 21.3 Å². The first kappa shape index (κ1) is 13.5. The minimum absolute atomic E-state index is 0.172. The molecule has 0 fully saturated rings. The van der Waals surface area contributed by atoms with Gasteiger partial charge in [-0.1, -0.05) is 18.2 Å². The number of phenols is 1. The predicted octanol–water partition coefficient (Wildman–Crippen LogP) is 2.70. The standard InChI is InChI=1S/C10H12O2.C2H6O/c1-3-4-8-5-6-9(11)10(7-8)12-2;1-3-2/h3-7,11H,1-2H3;1-2H3. The highest BCUT2D eigenvalue weighted by Gasteiger charge is 1.99. The fourth-order valence-corrected chi connectivity index (χ4v) is 0.990. The Morgan fingerprint density at radius 2 is 1.80 bits per heavy atom. The minimum Gasteiger partial charge on any atom is -0.504 e. The summed E-state index contributed by atoms with van der Waals surface area (Å²) in [7, 11) is 4.79. The summed E-state index contributed by atoms with van der Waals surface area (Å²) in [4.78, 5) is 0. The third-order valence-electron chi connectivity index (χ3n) is 1.56. The molecule has 0 aliphatic rings. The average molecular weight is 210 g/mol. The predicted molar refractivity (Wildman–Crippen MR) is 62.3 cm³/mol. The van der Waals surface area contributed by atoms with E-state index in [1.165, 1.54) is 7.11 Å². The molecule has 0 unspecified atom stereocenters. The maximum atomic E-state index is 9.25. The van der Waals surface area contributed by atoms with Crippen LogP contribution in [-0.2, 0) is 4.74 Å². The first-order chi connectivity index (χ1) is 7.19. The number of rotatable bonds is 2. The van der Waals surface area contributed by atoms with Crippen LogP contribution in [0.15, 0.2) is 24.3 Å². The molecule has 1 rings (SSSR count). The van der Waals surface area contributed by atoms with Crippen LogP contribution in [0.1, 0.15) is 12.5 Å². The number of phenolic OH excluding ortho intramolecular Hbond substituents is 1. The first-order valence-electron chi connectivity index (χ1n) is 4.59. The van der Waals surface area contributed by atoms with Gasteiger partial charge in [0.15, 0.2) is 11.5 Å². The summed E-state index contributed by atoms with van der Waals surface area (Å²) in [5.41, 5.74) is 1.02. The van der Waals surface area contributed by atoms with Crippen LogP contribution < -0.4 is 4.74 Å². The zero-order valence-corrected chi connectivity index (χ0v) is 9.65. The number of aromatic hydroxyl groups is 1. The van der Waals surface area contributed by atoms with Gasteiger partial charge in [-0.05, 0) is 24.6 Å². The average Bonchev–Trinajstić information content (AvgIpc) is 2.22. The SMILES string of the molecule is CC=Cc1ccc(O)c(OC)c1.COC. The number of hydrogen-bond donors (Lipinski definition) is 1. The Labute approximate surface area is 91.0 Å². The summed E-state index contributed by atoms with van der Waals surface area (Å²) >= 11 is 0. The molecule has 15 heavy (non-hydrogen) atoms. The molecule has 0 bridgehead atoms. The summed E-state index contributed by atoms with van der Waals surface area (Å²) in [5, 5.41) is 9.25. The van der Waals surface area contributed by atoms with E-state index in [1.807, 2.05) is 25.1 Å². The van der Waals surface area contributed by atoms with Gasteiger partial charge in [0, 0.05) is 14.2 Å². The number of methoxy groups -OCH3 is 2. The van der Waals surface area contributed by atoms with E-state index in [2.05, 4.69) is 4.74 Å². The Morgan fingerprint density at radius 3 is 2.27 bits per heavy atom. The molecular weight excluding hydrogens is 192 g/mol. The lowest BCUT2D eigenvalue weighted by molar-refractivity contribution is 0.277. The van der Waals surface area contributed by atoms with Gasteiger partial charge >= 0.3 is 0 Å². The van der Waals surface area contributed by atoms with Gasteiger partial charge in [0.1, 0.15) is 0 Å². The van der Waals surface area contributed by atoms with Crippen LogP contribution in [0.3, 0.4) is 0 Å². The molecule has 84 valence electrons. The van der Waals surface area contributed by atoms with E-state index in [-0.39, 0.29) is 5.75 Å². The maximum Gasteiger partial charge on any atom is 0.161 e. The van der Waals surface area contributed by atoms with Gasteiger partial charge in [0.05, 0.1) is 7.11 Å². The molecule has 1 aromatic carbocycles. The van der Waals surface area contributed by atoms with Crippen molar-refractivity contribution in [1.82, 2.24) is 0 Å². The quantitative estimate of drug-likeness (QED) is 0.815. The molecule has 0 aliphatic heterocycles. The summed E-state index contributed by atoms with van der Waals surface area (Å²) in [6.45, 7) is 1.94. The topological polar surface area (TPSA) is 38.7 Å². The Kier molecular flexibility index (Phi) is 7.10. The zero-order chi connectivity index (χ0) is 11.7. The van der Waals surface area contributed by atoms with Crippen molar-refractivity contribution >= 4 is 6.08 Å². The molecule has 1 N–H and O–H groups in total. The van der Waals surface area contributed by atoms with E-state index in [1.54, 1.807) is 26.4 Å². The Bertz CT molecular complexity index is 306. The molecule has 0 amide bonds. The lowest BCUT2D eigenvalue weighted by Crippen LogP contribution is -1.83. The van der Waals surface area contributed by atoms with Crippen molar-refractivity contribution in [3.8, 4) is 11.5 Å². The van der Waals surface area contributed by atoms with Gasteiger partial charge in [-0.15, -0.1) is 0 Å². The fraction of sp³-hybridized carbons (Fsp3) is 0.333. The molecule has 0 saturated carbocycles. The van der Waals surface area contributed by atoms with Gasteiger partial charge in [-0.3, -0.25) is 0 Å².